The number of halogens is 1. The first kappa shape index (κ1) is 11.5. The SMILES string of the molecule is CCCOc1cncc(CCCBr)c1. The number of aromatic nitrogens is 1. The molecule has 0 aliphatic heterocycles. The number of aryl methyl sites for hydroxylation is 1. The summed E-state index contributed by atoms with van der Waals surface area (Å²) in [7, 11) is 0. The molecule has 0 unspecified atom stereocenters. The maximum absolute atomic E-state index is 5.50. The van der Waals surface area contributed by atoms with Crippen molar-refractivity contribution < 1.29 is 4.74 Å². The summed E-state index contributed by atoms with van der Waals surface area (Å²) in [5, 5.41) is 1.03. The quantitative estimate of drug-likeness (QED) is 0.731. The number of nitrogens with zero attached hydrogens (tertiary/aromatic N) is 1. The molecule has 0 atom stereocenters. The van der Waals surface area contributed by atoms with Crippen LogP contribution in [0.5, 0.6) is 5.75 Å². The van der Waals surface area contributed by atoms with Crippen LogP contribution in [-0.4, -0.2) is 16.9 Å². The summed E-state index contributed by atoms with van der Waals surface area (Å²) in [4.78, 5) is 4.15. The Bertz CT molecular complexity index is 242. The van der Waals surface area contributed by atoms with Crippen LogP contribution in [0, 0.1) is 0 Å². The van der Waals surface area contributed by atoms with E-state index in [0.717, 1.165) is 36.9 Å². The monoisotopic (exact) mass is 257 g/mol. The molecule has 1 heterocycles. The van der Waals surface area contributed by atoms with Gasteiger partial charge in [-0.25, -0.2) is 0 Å². The minimum absolute atomic E-state index is 0.767. The van der Waals surface area contributed by atoms with E-state index in [9.17, 15) is 0 Å². The predicted octanol–water partition coefficient (Wildman–Crippen LogP) is 3.20. The number of alkyl halides is 1. The highest BCUT2D eigenvalue weighted by Gasteiger charge is 1.97. The molecule has 1 rings (SSSR count). The van der Waals surface area contributed by atoms with Crippen LogP contribution in [0.4, 0.5) is 0 Å². The van der Waals surface area contributed by atoms with Crippen LogP contribution in [0.2, 0.25) is 0 Å². The molecule has 0 spiro atoms. The third-order valence-corrected chi connectivity index (χ3v) is 2.40. The summed E-state index contributed by atoms with van der Waals surface area (Å²) in [6, 6.07) is 2.07. The largest absolute Gasteiger partial charge is 0.492 e. The molecule has 2 nitrogen and oxygen atoms in total. The Kier molecular flexibility index (Phi) is 5.60. The van der Waals surface area contributed by atoms with Gasteiger partial charge in [0.05, 0.1) is 12.8 Å². The summed E-state index contributed by atoms with van der Waals surface area (Å²) in [5.41, 5.74) is 1.25. The van der Waals surface area contributed by atoms with Gasteiger partial charge in [-0.1, -0.05) is 22.9 Å². The average Bonchev–Trinajstić information content (AvgIpc) is 2.24. The van der Waals surface area contributed by atoms with Crippen molar-refractivity contribution in [2.45, 2.75) is 26.2 Å². The Morgan fingerprint density at radius 2 is 2.29 bits per heavy atom. The maximum atomic E-state index is 5.50. The zero-order chi connectivity index (χ0) is 10.2. The van der Waals surface area contributed by atoms with Gasteiger partial charge in [0.1, 0.15) is 5.75 Å². The maximum Gasteiger partial charge on any atom is 0.137 e. The van der Waals surface area contributed by atoms with E-state index in [1.54, 1.807) is 6.20 Å². The zero-order valence-corrected chi connectivity index (χ0v) is 10.1. The smallest absolute Gasteiger partial charge is 0.137 e. The fourth-order valence-electron chi connectivity index (χ4n) is 1.17. The number of pyridine rings is 1. The second-order valence-electron chi connectivity index (χ2n) is 3.17. The number of hydrogen-bond donors (Lipinski definition) is 0. The summed E-state index contributed by atoms with van der Waals surface area (Å²) in [6.07, 6.45) is 6.90. The van der Waals surface area contributed by atoms with Crippen molar-refractivity contribution in [1.29, 1.82) is 0 Å². The fraction of sp³-hybridized carbons (Fsp3) is 0.545. The Morgan fingerprint density at radius 1 is 1.43 bits per heavy atom. The topological polar surface area (TPSA) is 22.1 Å². The number of ether oxygens (including phenoxy) is 1. The van der Waals surface area contributed by atoms with E-state index in [1.165, 1.54) is 5.56 Å². The predicted molar refractivity (Wildman–Crippen MR) is 62.1 cm³/mol. The molecule has 0 radical (unpaired) electrons. The molecule has 0 aliphatic carbocycles. The molecule has 1 aromatic heterocycles. The van der Waals surface area contributed by atoms with Crippen LogP contribution in [0.3, 0.4) is 0 Å². The summed E-state index contributed by atoms with van der Waals surface area (Å²) >= 11 is 3.42. The van der Waals surface area contributed by atoms with Crippen LogP contribution < -0.4 is 4.74 Å². The van der Waals surface area contributed by atoms with Gasteiger partial charge in [-0.2, -0.15) is 0 Å². The van der Waals surface area contributed by atoms with Gasteiger partial charge in [0, 0.05) is 11.5 Å². The average molecular weight is 258 g/mol. The summed E-state index contributed by atoms with van der Waals surface area (Å²) in [6.45, 7) is 2.87. The fourth-order valence-corrected chi connectivity index (χ4v) is 1.45. The van der Waals surface area contributed by atoms with E-state index < -0.39 is 0 Å². The van der Waals surface area contributed by atoms with Crippen molar-refractivity contribution in [3.8, 4) is 5.75 Å². The van der Waals surface area contributed by atoms with E-state index >= 15 is 0 Å². The van der Waals surface area contributed by atoms with Crippen molar-refractivity contribution in [2.24, 2.45) is 0 Å². The van der Waals surface area contributed by atoms with E-state index in [0.29, 0.717) is 0 Å². The lowest BCUT2D eigenvalue weighted by atomic mass is 10.2. The van der Waals surface area contributed by atoms with Gasteiger partial charge in [-0.05, 0) is 30.9 Å². The molecule has 0 saturated carbocycles. The van der Waals surface area contributed by atoms with Crippen LogP contribution in [-0.2, 0) is 6.42 Å². The molecule has 78 valence electrons. The minimum atomic E-state index is 0.767. The van der Waals surface area contributed by atoms with Crippen molar-refractivity contribution in [3.63, 3.8) is 0 Å². The van der Waals surface area contributed by atoms with Crippen LogP contribution in [0.25, 0.3) is 0 Å². The van der Waals surface area contributed by atoms with Crippen molar-refractivity contribution in [2.75, 3.05) is 11.9 Å². The van der Waals surface area contributed by atoms with Crippen LogP contribution >= 0.6 is 15.9 Å². The third kappa shape index (κ3) is 4.09. The van der Waals surface area contributed by atoms with Crippen LogP contribution in [0.15, 0.2) is 18.5 Å². The Labute approximate surface area is 93.8 Å². The lowest BCUT2D eigenvalue weighted by molar-refractivity contribution is 0.316. The normalized spacial score (nSPS) is 10.1. The van der Waals surface area contributed by atoms with Crippen molar-refractivity contribution in [1.82, 2.24) is 4.98 Å². The van der Waals surface area contributed by atoms with Gasteiger partial charge in [-0.15, -0.1) is 0 Å². The molecule has 0 bridgehead atoms. The number of rotatable bonds is 6. The first-order valence-electron chi connectivity index (χ1n) is 4.99. The molecule has 0 amide bonds. The van der Waals surface area contributed by atoms with E-state index in [-0.39, 0.29) is 0 Å². The van der Waals surface area contributed by atoms with E-state index in [4.69, 9.17) is 4.74 Å². The summed E-state index contributed by atoms with van der Waals surface area (Å²) in [5.74, 6) is 0.888. The molecule has 0 fully saturated rings. The molecule has 3 heteroatoms. The molecule has 0 aromatic carbocycles. The molecule has 0 aliphatic rings. The highest BCUT2D eigenvalue weighted by molar-refractivity contribution is 9.09. The Hall–Kier alpha value is -0.570. The molecule has 0 N–H and O–H groups in total. The molecule has 0 saturated heterocycles. The summed E-state index contributed by atoms with van der Waals surface area (Å²) < 4.78 is 5.50. The highest BCUT2D eigenvalue weighted by atomic mass is 79.9. The van der Waals surface area contributed by atoms with Gasteiger partial charge in [-0.3, -0.25) is 4.98 Å². The lowest BCUT2D eigenvalue weighted by Crippen LogP contribution is -1.97. The highest BCUT2D eigenvalue weighted by Crippen LogP contribution is 2.13. The second-order valence-corrected chi connectivity index (χ2v) is 3.96. The molecular weight excluding hydrogens is 242 g/mol. The molecule has 14 heavy (non-hydrogen) atoms. The van der Waals surface area contributed by atoms with Gasteiger partial charge in [0.25, 0.3) is 0 Å². The third-order valence-electron chi connectivity index (χ3n) is 1.84. The molecular formula is C11H16BrNO. The van der Waals surface area contributed by atoms with Crippen LogP contribution in [0.1, 0.15) is 25.3 Å². The van der Waals surface area contributed by atoms with Gasteiger partial charge >= 0.3 is 0 Å². The van der Waals surface area contributed by atoms with Crippen molar-refractivity contribution in [3.05, 3.63) is 24.0 Å². The standard InChI is InChI=1S/C11H16BrNO/c1-2-6-14-11-7-10(4-3-5-12)8-13-9-11/h7-9H,2-6H2,1H3. The number of hydrogen-bond acceptors (Lipinski definition) is 2. The minimum Gasteiger partial charge on any atom is -0.492 e. The molecule has 1 aromatic rings. The first-order chi connectivity index (χ1) is 6.86. The lowest BCUT2D eigenvalue weighted by Gasteiger charge is -2.05. The Balaban J connectivity index is 2.50. The van der Waals surface area contributed by atoms with Gasteiger partial charge < -0.3 is 4.74 Å². The van der Waals surface area contributed by atoms with Crippen molar-refractivity contribution >= 4 is 15.9 Å². The zero-order valence-electron chi connectivity index (χ0n) is 8.50. The first-order valence-corrected chi connectivity index (χ1v) is 6.11. The van der Waals surface area contributed by atoms with Gasteiger partial charge in [0.15, 0.2) is 0 Å². The second kappa shape index (κ2) is 6.82. The van der Waals surface area contributed by atoms with E-state index in [2.05, 4.69) is 33.9 Å². The van der Waals surface area contributed by atoms with Gasteiger partial charge in [0.2, 0.25) is 0 Å². The van der Waals surface area contributed by atoms with E-state index in [1.807, 2.05) is 6.20 Å². The Morgan fingerprint density at radius 3 is 3.00 bits per heavy atom.